The van der Waals surface area contributed by atoms with Crippen LogP contribution in [0.3, 0.4) is 0 Å². The second kappa shape index (κ2) is 4.41. The molecule has 0 aliphatic heterocycles. The lowest BCUT2D eigenvalue weighted by Gasteiger charge is -2.13. The maximum Gasteiger partial charge on any atom is 0.123 e. The minimum Gasteiger partial charge on any atom is -0.319 e. The number of rotatable bonds is 2. The van der Waals surface area contributed by atoms with Crippen LogP contribution in [-0.2, 0) is 0 Å². The second-order valence-corrected chi connectivity index (χ2v) is 3.74. The molecule has 0 amide bonds. The zero-order valence-corrected chi connectivity index (χ0v) is 9.02. The van der Waals surface area contributed by atoms with Crippen LogP contribution < -0.4 is 5.73 Å². The summed E-state index contributed by atoms with van der Waals surface area (Å²) in [5.41, 5.74) is 8.59. The van der Waals surface area contributed by atoms with Gasteiger partial charge in [-0.25, -0.2) is 4.39 Å². The Hall–Kier alpha value is -1.74. The molecule has 0 spiro atoms. The molecule has 2 N–H and O–H groups in total. The summed E-state index contributed by atoms with van der Waals surface area (Å²) < 4.78 is 13.1. The van der Waals surface area contributed by atoms with E-state index in [-0.39, 0.29) is 11.9 Å². The van der Waals surface area contributed by atoms with E-state index in [9.17, 15) is 4.39 Å². The average molecular weight is 216 g/mol. The van der Waals surface area contributed by atoms with Gasteiger partial charge in [-0.05, 0) is 36.2 Å². The van der Waals surface area contributed by atoms with Crippen LogP contribution in [0.25, 0.3) is 0 Å². The average Bonchev–Trinajstić information content (AvgIpc) is 2.29. The monoisotopic (exact) mass is 216 g/mol. The van der Waals surface area contributed by atoms with Gasteiger partial charge < -0.3 is 5.73 Å². The molecule has 0 saturated heterocycles. The van der Waals surface area contributed by atoms with Gasteiger partial charge in [-0.3, -0.25) is 4.98 Å². The van der Waals surface area contributed by atoms with E-state index >= 15 is 0 Å². The molecule has 2 nitrogen and oxygen atoms in total. The Bertz CT molecular complexity index is 497. The van der Waals surface area contributed by atoms with Gasteiger partial charge in [0.2, 0.25) is 0 Å². The van der Waals surface area contributed by atoms with Gasteiger partial charge in [-0.1, -0.05) is 18.2 Å². The van der Waals surface area contributed by atoms with Gasteiger partial charge in [0.1, 0.15) is 5.82 Å². The van der Waals surface area contributed by atoms with Crippen molar-refractivity contribution in [3.05, 3.63) is 65.2 Å². The Kier molecular flexibility index (Phi) is 2.97. The SMILES string of the molecule is Cc1cccnc1C(N)c1cccc(F)c1. The van der Waals surface area contributed by atoms with E-state index in [2.05, 4.69) is 4.98 Å². The van der Waals surface area contributed by atoms with Gasteiger partial charge in [0, 0.05) is 6.20 Å². The maximum absolute atomic E-state index is 13.1. The Morgan fingerprint density at radius 3 is 2.75 bits per heavy atom. The van der Waals surface area contributed by atoms with Gasteiger partial charge in [0.05, 0.1) is 11.7 Å². The first-order valence-corrected chi connectivity index (χ1v) is 5.11. The standard InChI is InChI=1S/C13H13FN2/c1-9-4-3-7-16-13(9)12(15)10-5-2-6-11(14)8-10/h2-8,12H,15H2,1H3. The first kappa shape index (κ1) is 10.8. The topological polar surface area (TPSA) is 38.9 Å². The van der Waals surface area contributed by atoms with Gasteiger partial charge in [0.15, 0.2) is 0 Å². The molecular weight excluding hydrogens is 203 g/mol. The third kappa shape index (κ3) is 2.09. The van der Waals surface area contributed by atoms with Gasteiger partial charge in [0.25, 0.3) is 0 Å². The van der Waals surface area contributed by atoms with E-state index in [0.29, 0.717) is 0 Å². The molecule has 1 aromatic carbocycles. The Balaban J connectivity index is 2.39. The number of halogens is 1. The smallest absolute Gasteiger partial charge is 0.123 e. The molecule has 16 heavy (non-hydrogen) atoms. The van der Waals surface area contributed by atoms with Crippen LogP contribution in [0, 0.1) is 12.7 Å². The van der Waals surface area contributed by atoms with E-state index in [1.165, 1.54) is 12.1 Å². The molecule has 0 aliphatic rings. The second-order valence-electron chi connectivity index (χ2n) is 3.74. The van der Waals surface area contributed by atoms with Crippen molar-refractivity contribution in [3.8, 4) is 0 Å². The minimum absolute atomic E-state index is 0.276. The maximum atomic E-state index is 13.1. The molecule has 0 aliphatic carbocycles. The normalized spacial score (nSPS) is 12.4. The molecule has 82 valence electrons. The number of nitrogens with two attached hydrogens (primary N) is 1. The summed E-state index contributed by atoms with van der Waals surface area (Å²) in [6.07, 6.45) is 1.70. The van der Waals surface area contributed by atoms with E-state index in [1.54, 1.807) is 12.3 Å². The highest BCUT2D eigenvalue weighted by molar-refractivity contribution is 5.31. The molecule has 1 unspecified atom stereocenters. The zero-order valence-electron chi connectivity index (χ0n) is 9.02. The fraction of sp³-hybridized carbons (Fsp3) is 0.154. The zero-order chi connectivity index (χ0) is 11.5. The molecule has 0 fully saturated rings. The first-order chi connectivity index (χ1) is 7.68. The van der Waals surface area contributed by atoms with Gasteiger partial charge >= 0.3 is 0 Å². The molecule has 2 aromatic rings. The number of hydrogen-bond donors (Lipinski definition) is 1. The summed E-state index contributed by atoms with van der Waals surface area (Å²) in [4.78, 5) is 4.24. The van der Waals surface area contributed by atoms with Crippen molar-refractivity contribution in [1.82, 2.24) is 4.98 Å². The number of aryl methyl sites for hydroxylation is 1. The van der Waals surface area contributed by atoms with Crippen molar-refractivity contribution in [2.24, 2.45) is 5.73 Å². The highest BCUT2D eigenvalue weighted by Crippen LogP contribution is 2.20. The predicted octanol–water partition coefficient (Wildman–Crippen LogP) is 2.58. The lowest BCUT2D eigenvalue weighted by Crippen LogP contribution is -2.15. The summed E-state index contributed by atoms with van der Waals surface area (Å²) in [5.74, 6) is -0.276. The van der Waals surface area contributed by atoms with Crippen molar-refractivity contribution in [1.29, 1.82) is 0 Å². The molecular formula is C13H13FN2. The summed E-state index contributed by atoms with van der Waals surface area (Å²) in [6, 6.07) is 9.74. The van der Waals surface area contributed by atoms with Crippen molar-refractivity contribution in [2.75, 3.05) is 0 Å². The van der Waals surface area contributed by atoms with Crippen LogP contribution in [0.4, 0.5) is 4.39 Å². The quantitative estimate of drug-likeness (QED) is 0.838. The highest BCUT2D eigenvalue weighted by atomic mass is 19.1. The lowest BCUT2D eigenvalue weighted by atomic mass is 10.0. The van der Waals surface area contributed by atoms with Gasteiger partial charge in [-0.15, -0.1) is 0 Å². The highest BCUT2D eigenvalue weighted by Gasteiger charge is 2.12. The number of aromatic nitrogens is 1. The Morgan fingerprint density at radius 2 is 2.06 bits per heavy atom. The summed E-state index contributed by atoms with van der Waals surface area (Å²) >= 11 is 0. The van der Waals surface area contributed by atoms with Crippen molar-refractivity contribution < 1.29 is 4.39 Å². The molecule has 2 rings (SSSR count). The molecule has 1 atom stereocenters. The number of nitrogens with zero attached hydrogens (tertiary/aromatic N) is 1. The lowest BCUT2D eigenvalue weighted by molar-refractivity contribution is 0.623. The molecule has 1 aromatic heterocycles. The van der Waals surface area contributed by atoms with Crippen molar-refractivity contribution in [3.63, 3.8) is 0 Å². The third-order valence-electron chi connectivity index (χ3n) is 2.55. The fourth-order valence-corrected chi connectivity index (χ4v) is 1.68. The largest absolute Gasteiger partial charge is 0.319 e. The van der Waals surface area contributed by atoms with Crippen LogP contribution in [0.2, 0.25) is 0 Å². The first-order valence-electron chi connectivity index (χ1n) is 5.11. The van der Waals surface area contributed by atoms with Gasteiger partial charge in [-0.2, -0.15) is 0 Å². The van der Waals surface area contributed by atoms with E-state index in [0.717, 1.165) is 16.8 Å². The van der Waals surface area contributed by atoms with Crippen LogP contribution in [0.1, 0.15) is 22.9 Å². The summed E-state index contributed by atoms with van der Waals surface area (Å²) in [5, 5.41) is 0. The predicted molar refractivity (Wildman–Crippen MR) is 61.4 cm³/mol. The fourth-order valence-electron chi connectivity index (χ4n) is 1.68. The number of hydrogen-bond acceptors (Lipinski definition) is 2. The molecule has 0 bridgehead atoms. The Labute approximate surface area is 93.9 Å². The summed E-state index contributed by atoms with van der Waals surface area (Å²) in [7, 11) is 0. The molecule has 1 heterocycles. The van der Waals surface area contributed by atoms with Crippen LogP contribution in [0.5, 0.6) is 0 Å². The van der Waals surface area contributed by atoms with E-state index in [4.69, 9.17) is 5.73 Å². The third-order valence-corrected chi connectivity index (χ3v) is 2.55. The van der Waals surface area contributed by atoms with Crippen LogP contribution in [0.15, 0.2) is 42.6 Å². The van der Waals surface area contributed by atoms with Crippen LogP contribution >= 0.6 is 0 Å². The van der Waals surface area contributed by atoms with Crippen LogP contribution in [-0.4, -0.2) is 4.98 Å². The van der Waals surface area contributed by atoms with E-state index in [1.807, 2.05) is 25.1 Å². The Morgan fingerprint density at radius 1 is 1.25 bits per heavy atom. The number of benzene rings is 1. The molecule has 0 radical (unpaired) electrons. The number of pyridine rings is 1. The van der Waals surface area contributed by atoms with Crippen molar-refractivity contribution in [2.45, 2.75) is 13.0 Å². The van der Waals surface area contributed by atoms with Crippen molar-refractivity contribution >= 4 is 0 Å². The summed E-state index contributed by atoms with van der Waals surface area (Å²) in [6.45, 7) is 1.95. The molecule has 0 saturated carbocycles. The molecule has 3 heteroatoms. The minimum atomic E-state index is -0.378. The van der Waals surface area contributed by atoms with E-state index < -0.39 is 0 Å².